The first-order valence-corrected chi connectivity index (χ1v) is 6.57. The highest BCUT2D eigenvalue weighted by Crippen LogP contribution is 2.18. The largest absolute Gasteiger partial charge is 0.399 e. The summed E-state index contributed by atoms with van der Waals surface area (Å²) in [6, 6.07) is 4.68. The summed E-state index contributed by atoms with van der Waals surface area (Å²) in [7, 11) is 0. The fourth-order valence-electron chi connectivity index (χ4n) is 2.05. The Balaban J connectivity index is 1.93. The number of rotatable bonds is 3. The molecule has 0 spiro atoms. The topological polar surface area (TPSA) is 75.4 Å². The quantitative estimate of drug-likeness (QED) is 0.820. The van der Waals surface area contributed by atoms with Gasteiger partial charge < -0.3 is 16.0 Å². The van der Waals surface area contributed by atoms with Crippen LogP contribution in [0.2, 0.25) is 5.02 Å². The molecule has 19 heavy (non-hydrogen) atoms. The van der Waals surface area contributed by atoms with Crippen molar-refractivity contribution in [3.05, 3.63) is 28.8 Å². The van der Waals surface area contributed by atoms with E-state index in [0.717, 1.165) is 25.9 Å². The van der Waals surface area contributed by atoms with Crippen LogP contribution in [0.4, 0.5) is 5.69 Å². The van der Waals surface area contributed by atoms with Crippen LogP contribution < -0.4 is 11.1 Å². The molecule has 0 radical (unpaired) electrons. The Hall–Kier alpha value is -1.75. The fraction of sp³-hybridized carbons (Fsp3) is 0.385. The standard InChI is InChI=1S/C13H16ClN3O2/c14-11-4-3-9(15)7-10(11)13(19)16-8-12(18)17-5-1-2-6-17/h3-4,7H,1-2,5-6,8,15H2,(H,16,19). The average Bonchev–Trinajstić information content (AvgIpc) is 2.92. The zero-order valence-electron chi connectivity index (χ0n) is 10.5. The Morgan fingerprint density at radius 3 is 2.68 bits per heavy atom. The summed E-state index contributed by atoms with van der Waals surface area (Å²) in [6.07, 6.45) is 2.06. The Morgan fingerprint density at radius 2 is 2.00 bits per heavy atom. The Kier molecular flexibility index (Phi) is 4.27. The maximum atomic E-state index is 11.9. The number of anilines is 1. The third-order valence-electron chi connectivity index (χ3n) is 3.09. The molecule has 3 N–H and O–H groups in total. The molecule has 0 aromatic heterocycles. The number of nitrogens with two attached hydrogens (primary N) is 1. The number of benzene rings is 1. The number of likely N-dealkylation sites (tertiary alicyclic amines) is 1. The molecule has 2 rings (SSSR count). The van der Waals surface area contributed by atoms with Crippen LogP contribution in [0.3, 0.4) is 0 Å². The lowest BCUT2D eigenvalue weighted by molar-refractivity contribution is -0.129. The van der Waals surface area contributed by atoms with E-state index in [-0.39, 0.29) is 23.9 Å². The molecular formula is C13H16ClN3O2. The number of carbonyl (C=O) groups is 2. The minimum atomic E-state index is -0.384. The molecule has 5 nitrogen and oxygen atoms in total. The van der Waals surface area contributed by atoms with E-state index < -0.39 is 0 Å². The molecule has 1 aliphatic rings. The number of hydrogen-bond acceptors (Lipinski definition) is 3. The van der Waals surface area contributed by atoms with E-state index >= 15 is 0 Å². The van der Waals surface area contributed by atoms with Crippen LogP contribution in [-0.4, -0.2) is 36.3 Å². The summed E-state index contributed by atoms with van der Waals surface area (Å²) in [5.41, 5.74) is 6.35. The number of amides is 2. The minimum absolute atomic E-state index is 0.00996. The average molecular weight is 282 g/mol. The van der Waals surface area contributed by atoms with Crippen molar-refractivity contribution in [3.8, 4) is 0 Å². The van der Waals surface area contributed by atoms with Gasteiger partial charge in [0.05, 0.1) is 17.1 Å². The first-order chi connectivity index (χ1) is 9.08. The van der Waals surface area contributed by atoms with Crippen molar-refractivity contribution in [2.45, 2.75) is 12.8 Å². The van der Waals surface area contributed by atoms with Gasteiger partial charge in [0, 0.05) is 18.8 Å². The van der Waals surface area contributed by atoms with E-state index in [4.69, 9.17) is 17.3 Å². The van der Waals surface area contributed by atoms with Gasteiger partial charge in [0.2, 0.25) is 5.91 Å². The van der Waals surface area contributed by atoms with Gasteiger partial charge in [0.15, 0.2) is 0 Å². The fourth-order valence-corrected chi connectivity index (χ4v) is 2.25. The second-order valence-corrected chi connectivity index (χ2v) is 4.92. The Bertz CT molecular complexity index is 499. The van der Waals surface area contributed by atoms with Crippen LogP contribution in [0.1, 0.15) is 23.2 Å². The van der Waals surface area contributed by atoms with Crippen molar-refractivity contribution in [2.24, 2.45) is 0 Å². The highest BCUT2D eigenvalue weighted by molar-refractivity contribution is 6.34. The van der Waals surface area contributed by atoms with Gasteiger partial charge in [-0.2, -0.15) is 0 Å². The van der Waals surface area contributed by atoms with E-state index in [9.17, 15) is 9.59 Å². The van der Waals surface area contributed by atoms with E-state index in [0.29, 0.717) is 10.7 Å². The molecule has 0 aliphatic carbocycles. The second-order valence-electron chi connectivity index (χ2n) is 4.51. The van der Waals surface area contributed by atoms with Gasteiger partial charge >= 0.3 is 0 Å². The number of nitrogens with one attached hydrogen (secondary N) is 1. The molecule has 0 bridgehead atoms. The van der Waals surface area contributed by atoms with Crippen molar-refractivity contribution in [2.75, 3.05) is 25.4 Å². The van der Waals surface area contributed by atoms with Gasteiger partial charge in [-0.3, -0.25) is 9.59 Å². The first kappa shape index (κ1) is 13.7. The molecule has 0 atom stereocenters. The zero-order chi connectivity index (χ0) is 13.8. The SMILES string of the molecule is Nc1ccc(Cl)c(C(=O)NCC(=O)N2CCCC2)c1. The molecule has 2 amide bonds. The van der Waals surface area contributed by atoms with Gasteiger partial charge in [-0.1, -0.05) is 11.6 Å². The molecule has 1 saturated heterocycles. The molecule has 1 aromatic carbocycles. The zero-order valence-corrected chi connectivity index (χ0v) is 11.2. The summed E-state index contributed by atoms with van der Waals surface area (Å²) >= 11 is 5.92. The number of hydrogen-bond donors (Lipinski definition) is 2. The third kappa shape index (κ3) is 3.38. The number of nitrogens with zero attached hydrogens (tertiary/aromatic N) is 1. The van der Waals surface area contributed by atoms with Crippen LogP contribution in [0.25, 0.3) is 0 Å². The van der Waals surface area contributed by atoms with Crippen LogP contribution in [0.5, 0.6) is 0 Å². The molecule has 0 unspecified atom stereocenters. The molecule has 1 aromatic rings. The van der Waals surface area contributed by atoms with Gasteiger partial charge in [-0.25, -0.2) is 0 Å². The normalized spacial score (nSPS) is 14.5. The first-order valence-electron chi connectivity index (χ1n) is 6.19. The maximum absolute atomic E-state index is 11.9. The van der Waals surface area contributed by atoms with E-state index in [2.05, 4.69) is 5.32 Å². The van der Waals surface area contributed by atoms with Gasteiger partial charge in [-0.05, 0) is 31.0 Å². The van der Waals surface area contributed by atoms with Crippen molar-refractivity contribution < 1.29 is 9.59 Å². The van der Waals surface area contributed by atoms with Gasteiger partial charge in [0.25, 0.3) is 5.91 Å². The molecule has 0 saturated carbocycles. The molecule has 1 aliphatic heterocycles. The van der Waals surface area contributed by atoms with Crippen LogP contribution >= 0.6 is 11.6 Å². The van der Waals surface area contributed by atoms with Gasteiger partial charge in [-0.15, -0.1) is 0 Å². The number of carbonyl (C=O) groups excluding carboxylic acids is 2. The highest BCUT2D eigenvalue weighted by Gasteiger charge is 2.19. The smallest absolute Gasteiger partial charge is 0.253 e. The summed E-state index contributed by atoms with van der Waals surface area (Å²) in [4.78, 5) is 25.5. The lowest BCUT2D eigenvalue weighted by Gasteiger charge is -2.15. The molecule has 1 fully saturated rings. The Morgan fingerprint density at radius 1 is 1.32 bits per heavy atom. The van der Waals surface area contributed by atoms with E-state index in [1.165, 1.54) is 6.07 Å². The molecular weight excluding hydrogens is 266 g/mol. The van der Waals surface area contributed by atoms with Crippen LogP contribution in [0.15, 0.2) is 18.2 Å². The van der Waals surface area contributed by atoms with Crippen molar-refractivity contribution in [1.29, 1.82) is 0 Å². The summed E-state index contributed by atoms with van der Waals surface area (Å²) in [5.74, 6) is -0.448. The monoisotopic (exact) mass is 281 g/mol. The van der Waals surface area contributed by atoms with Crippen molar-refractivity contribution in [1.82, 2.24) is 10.2 Å². The Labute approximate surface area is 116 Å². The lowest BCUT2D eigenvalue weighted by atomic mass is 10.2. The summed E-state index contributed by atoms with van der Waals surface area (Å²) < 4.78 is 0. The predicted octanol–water partition coefficient (Wildman–Crippen LogP) is 1.27. The summed E-state index contributed by atoms with van der Waals surface area (Å²) in [6.45, 7) is 1.53. The van der Waals surface area contributed by atoms with Crippen molar-refractivity contribution >= 4 is 29.1 Å². The predicted molar refractivity (Wildman–Crippen MR) is 74.0 cm³/mol. The summed E-state index contributed by atoms with van der Waals surface area (Å²) in [5, 5.41) is 2.89. The molecule has 102 valence electrons. The van der Waals surface area contributed by atoms with Crippen molar-refractivity contribution in [3.63, 3.8) is 0 Å². The second kappa shape index (κ2) is 5.93. The maximum Gasteiger partial charge on any atom is 0.253 e. The number of nitrogen functional groups attached to an aromatic ring is 1. The minimum Gasteiger partial charge on any atom is -0.399 e. The number of halogens is 1. The highest BCUT2D eigenvalue weighted by atomic mass is 35.5. The lowest BCUT2D eigenvalue weighted by Crippen LogP contribution is -2.38. The van der Waals surface area contributed by atoms with Gasteiger partial charge in [0.1, 0.15) is 0 Å². The molecule has 1 heterocycles. The van der Waals surface area contributed by atoms with Crippen LogP contribution in [0, 0.1) is 0 Å². The van der Waals surface area contributed by atoms with E-state index in [1.807, 2.05) is 0 Å². The third-order valence-corrected chi connectivity index (χ3v) is 3.42. The molecule has 6 heteroatoms. The van der Waals surface area contributed by atoms with Crippen LogP contribution in [-0.2, 0) is 4.79 Å². The van der Waals surface area contributed by atoms with E-state index in [1.54, 1.807) is 17.0 Å².